The number of hydrogen-bond donors (Lipinski definition) is 2. The Morgan fingerprint density at radius 3 is 2.75 bits per heavy atom. The SMILES string of the molecule is Cc1cccc(NC(=O)C2(CN)CCC2)c1. The molecule has 3 nitrogen and oxygen atoms in total. The summed E-state index contributed by atoms with van der Waals surface area (Å²) in [6.07, 6.45) is 2.95. The van der Waals surface area contributed by atoms with E-state index >= 15 is 0 Å². The van der Waals surface area contributed by atoms with Crippen molar-refractivity contribution in [3.05, 3.63) is 29.8 Å². The molecule has 1 aromatic carbocycles. The van der Waals surface area contributed by atoms with Crippen LogP contribution in [0.25, 0.3) is 0 Å². The Bertz CT molecular complexity index is 391. The van der Waals surface area contributed by atoms with Crippen molar-refractivity contribution in [2.75, 3.05) is 11.9 Å². The fraction of sp³-hybridized carbons (Fsp3) is 0.462. The standard InChI is InChI=1S/C13H18N2O/c1-10-4-2-5-11(8-10)15-12(16)13(9-14)6-3-7-13/h2,4-5,8H,3,6-7,9,14H2,1H3,(H,15,16). The number of anilines is 1. The van der Waals surface area contributed by atoms with Gasteiger partial charge >= 0.3 is 0 Å². The topological polar surface area (TPSA) is 55.1 Å². The number of rotatable bonds is 3. The smallest absolute Gasteiger partial charge is 0.231 e. The van der Waals surface area contributed by atoms with Crippen LogP contribution in [0.1, 0.15) is 24.8 Å². The van der Waals surface area contributed by atoms with Crippen LogP contribution in [0.2, 0.25) is 0 Å². The van der Waals surface area contributed by atoms with E-state index in [2.05, 4.69) is 5.32 Å². The van der Waals surface area contributed by atoms with E-state index in [-0.39, 0.29) is 11.3 Å². The molecule has 0 heterocycles. The maximum absolute atomic E-state index is 12.1. The first-order valence-corrected chi connectivity index (χ1v) is 5.74. The first-order chi connectivity index (χ1) is 7.66. The van der Waals surface area contributed by atoms with Gasteiger partial charge in [0.05, 0.1) is 5.41 Å². The number of amides is 1. The zero-order chi connectivity index (χ0) is 11.6. The zero-order valence-electron chi connectivity index (χ0n) is 9.62. The lowest BCUT2D eigenvalue weighted by atomic mass is 9.68. The number of hydrogen-bond acceptors (Lipinski definition) is 2. The van der Waals surface area contributed by atoms with E-state index in [1.54, 1.807) is 0 Å². The van der Waals surface area contributed by atoms with Crippen LogP contribution in [0.5, 0.6) is 0 Å². The van der Waals surface area contributed by atoms with Gasteiger partial charge in [0.1, 0.15) is 0 Å². The highest BCUT2D eigenvalue weighted by Gasteiger charge is 2.42. The fourth-order valence-corrected chi connectivity index (χ4v) is 2.11. The van der Waals surface area contributed by atoms with E-state index in [0.717, 1.165) is 30.5 Å². The van der Waals surface area contributed by atoms with Crippen molar-refractivity contribution in [1.29, 1.82) is 0 Å². The molecule has 0 bridgehead atoms. The lowest BCUT2D eigenvalue weighted by molar-refractivity contribution is -0.129. The van der Waals surface area contributed by atoms with E-state index in [4.69, 9.17) is 5.73 Å². The van der Waals surface area contributed by atoms with Gasteiger partial charge in [-0.25, -0.2) is 0 Å². The van der Waals surface area contributed by atoms with Crippen molar-refractivity contribution in [3.63, 3.8) is 0 Å². The van der Waals surface area contributed by atoms with Crippen molar-refractivity contribution < 1.29 is 4.79 Å². The molecule has 0 saturated heterocycles. The van der Waals surface area contributed by atoms with Gasteiger partial charge < -0.3 is 11.1 Å². The first-order valence-electron chi connectivity index (χ1n) is 5.74. The van der Waals surface area contributed by atoms with Crippen LogP contribution in [-0.2, 0) is 4.79 Å². The second-order valence-electron chi connectivity index (χ2n) is 4.66. The maximum atomic E-state index is 12.1. The third-order valence-electron chi connectivity index (χ3n) is 3.46. The van der Waals surface area contributed by atoms with Crippen LogP contribution >= 0.6 is 0 Å². The Labute approximate surface area is 96.0 Å². The Balaban J connectivity index is 2.07. The second kappa shape index (κ2) is 4.26. The van der Waals surface area contributed by atoms with Gasteiger partial charge in [0.15, 0.2) is 0 Å². The lowest BCUT2D eigenvalue weighted by Gasteiger charge is -2.39. The van der Waals surface area contributed by atoms with E-state index in [1.807, 2.05) is 31.2 Å². The number of aryl methyl sites for hydroxylation is 1. The van der Waals surface area contributed by atoms with Crippen LogP contribution in [0, 0.1) is 12.3 Å². The first kappa shape index (κ1) is 11.1. The van der Waals surface area contributed by atoms with Crippen LogP contribution < -0.4 is 11.1 Å². The second-order valence-corrected chi connectivity index (χ2v) is 4.66. The molecule has 1 amide bonds. The molecule has 0 spiro atoms. The molecule has 1 saturated carbocycles. The van der Waals surface area contributed by atoms with Gasteiger partial charge in [-0.1, -0.05) is 18.6 Å². The van der Waals surface area contributed by atoms with Gasteiger partial charge in [0, 0.05) is 12.2 Å². The Kier molecular flexibility index (Phi) is 2.97. The Morgan fingerprint density at radius 1 is 1.50 bits per heavy atom. The summed E-state index contributed by atoms with van der Waals surface area (Å²) in [7, 11) is 0. The fourth-order valence-electron chi connectivity index (χ4n) is 2.11. The quantitative estimate of drug-likeness (QED) is 0.816. The molecule has 0 aliphatic heterocycles. The van der Waals surface area contributed by atoms with Crippen molar-refractivity contribution in [2.45, 2.75) is 26.2 Å². The van der Waals surface area contributed by atoms with Gasteiger partial charge in [-0.3, -0.25) is 4.79 Å². The molecule has 3 heteroatoms. The van der Waals surface area contributed by atoms with Gasteiger partial charge in [-0.05, 0) is 37.5 Å². The molecule has 0 atom stereocenters. The van der Waals surface area contributed by atoms with Crippen molar-refractivity contribution >= 4 is 11.6 Å². The largest absolute Gasteiger partial charge is 0.329 e. The highest BCUT2D eigenvalue weighted by molar-refractivity contribution is 5.96. The summed E-state index contributed by atoms with van der Waals surface area (Å²) in [5, 5.41) is 2.96. The molecule has 1 aliphatic rings. The molecule has 86 valence electrons. The number of nitrogens with two attached hydrogens (primary N) is 1. The monoisotopic (exact) mass is 218 g/mol. The molecular formula is C13H18N2O. The highest BCUT2D eigenvalue weighted by Crippen LogP contribution is 2.40. The van der Waals surface area contributed by atoms with Crippen LogP contribution in [0.4, 0.5) is 5.69 Å². The van der Waals surface area contributed by atoms with E-state index in [9.17, 15) is 4.79 Å². The minimum atomic E-state index is -0.302. The van der Waals surface area contributed by atoms with Crippen molar-refractivity contribution in [3.8, 4) is 0 Å². The lowest BCUT2D eigenvalue weighted by Crippen LogP contribution is -2.47. The predicted molar refractivity (Wildman–Crippen MR) is 65.1 cm³/mol. The molecule has 0 aromatic heterocycles. The summed E-state index contributed by atoms with van der Waals surface area (Å²) in [6, 6.07) is 7.84. The molecule has 16 heavy (non-hydrogen) atoms. The third-order valence-corrected chi connectivity index (χ3v) is 3.46. The predicted octanol–water partition coefficient (Wildman–Crippen LogP) is 2.06. The number of carbonyl (C=O) groups is 1. The number of nitrogens with one attached hydrogen (secondary N) is 1. The highest BCUT2D eigenvalue weighted by atomic mass is 16.2. The van der Waals surface area contributed by atoms with E-state index < -0.39 is 0 Å². The average molecular weight is 218 g/mol. The summed E-state index contributed by atoms with van der Waals surface area (Å²) in [5.74, 6) is 0.0758. The van der Waals surface area contributed by atoms with Gasteiger partial charge in [0.25, 0.3) is 0 Å². The van der Waals surface area contributed by atoms with E-state index in [1.165, 1.54) is 0 Å². The number of benzene rings is 1. The zero-order valence-corrected chi connectivity index (χ0v) is 9.62. The molecular weight excluding hydrogens is 200 g/mol. The summed E-state index contributed by atoms with van der Waals surface area (Å²) in [5.41, 5.74) is 7.40. The Hall–Kier alpha value is -1.35. The molecule has 1 aliphatic carbocycles. The molecule has 0 radical (unpaired) electrons. The molecule has 1 fully saturated rings. The molecule has 3 N–H and O–H groups in total. The van der Waals surface area contributed by atoms with E-state index in [0.29, 0.717) is 6.54 Å². The van der Waals surface area contributed by atoms with Crippen LogP contribution in [-0.4, -0.2) is 12.5 Å². The average Bonchev–Trinajstić information content (AvgIpc) is 2.16. The van der Waals surface area contributed by atoms with Crippen LogP contribution in [0.15, 0.2) is 24.3 Å². The molecule has 2 rings (SSSR count). The minimum Gasteiger partial charge on any atom is -0.329 e. The Morgan fingerprint density at radius 2 is 2.25 bits per heavy atom. The number of carbonyl (C=O) groups excluding carboxylic acids is 1. The van der Waals surface area contributed by atoms with Gasteiger partial charge in [-0.2, -0.15) is 0 Å². The summed E-state index contributed by atoms with van der Waals surface area (Å²) in [6.45, 7) is 2.46. The summed E-state index contributed by atoms with van der Waals surface area (Å²) >= 11 is 0. The van der Waals surface area contributed by atoms with Gasteiger partial charge in [0.2, 0.25) is 5.91 Å². The normalized spacial score (nSPS) is 17.6. The summed E-state index contributed by atoms with van der Waals surface area (Å²) in [4.78, 5) is 12.1. The van der Waals surface area contributed by atoms with Crippen molar-refractivity contribution in [2.24, 2.45) is 11.1 Å². The van der Waals surface area contributed by atoms with Gasteiger partial charge in [-0.15, -0.1) is 0 Å². The molecule has 0 unspecified atom stereocenters. The summed E-state index contributed by atoms with van der Waals surface area (Å²) < 4.78 is 0. The van der Waals surface area contributed by atoms with Crippen LogP contribution in [0.3, 0.4) is 0 Å². The minimum absolute atomic E-state index is 0.0758. The third kappa shape index (κ3) is 1.95. The van der Waals surface area contributed by atoms with Crippen molar-refractivity contribution in [1.82, 2.24) is 0 Å². The maximum Gasteiger partial charge on any atom is 0.231 e. The molecule has 1 aromatic rings.